The minimum absolute atomic E-state index is 0.0598. The third kappa shape index (κ3) is 3.77. The highest BCUT2D eigenvalue weighted by atomic mass is 32.2. The average molecular weight is 340 g/mol. The molecule has 2 N–H and O–H groups in total. The summed E-state index contributed by atoms with van der Waals surface area (Å²) in [6, 6.07) is 2.89. The van der Waals surface area contributed by atoms with Gasteiger partial charge in [0, 0.05) is 12.6 Å². The lowest BCUT2D eigenvalue weighted by molar-refractivity contribution is 0.0673. The Bertz CT molecular complexity index is 661. The van der Waals surface area contributed by atoms with Crippen LogP contribution in [0.15, 0.2) is 21.6 Å². The van der Waals surface area contributed by atoms with Crippen LogP contribution in [-0.4, -0.2) is 31.8 Å². The summed E-state index contributed by atoms with van der Waals surface area (Å²) < 4.78 is 27.7. The molecule has 3 rings (SSSR count). The first-order chi connectivity index (χ1) is 10.9. The zero-order chi connectivity index (χ0) is 16.4. The smallest absolute Gasteiger partial charge is 0.289 e. The Morgan fingerprint density at radius 1 is 1.17 bits per heavy atom. The summed E-state index contributed by atoms with van der Waals surface area (Å²) in [5.41, 5.74) is 0. The summed E-state index contributed by atoms with van der Waals surface area (Å²) in [6.07, 6.45) is 9.49. The molecule has 1 aromatic heterocycles. The van der Waals surface area contributed by atoms with Crippen LogP contribution in [0.2, 0.25) is 0 Å². The lowest BCUT2D eigenvalue weighted by Crippen LogP contribution is -2.36. The molecule has 0 bridgehead atoms. The monoisotopic (exact) mass is 340 g/mol. The molecule has 1 aliphatic carbocycles. The van der Waals surface area contributed by atoms with Crippen LogP contribution in [0.5, 0.6) is 0 Å². The molecule has 7 heteroatoms. The Morgan fingerprint density at radius 3 is 2.57 bits per heavy atom. The van der Waals surface area contributed by atoms with Gasteiger partial charge < -0.3 is 9.32 Å². The summed E-state index contributed by atoms with van der Waals surface area (Å²) in [6.45, 7) is 0.710. The molecule has 1 saturated heterocycles. The molecule has 6 nitrogen and oxygen atoms in total. The topological polar surface area (TPSA) is 93.6 Å². The van der Waals surface area contributed by atoms with E-state index in [0.29, 0.717) is 12.5 Å². The van der Waals surface area contributed by atoms with Crippen molar-refractivity contribution >= 4 is 15.9 Å². The number of hydrogen-bond donors (Lipinski definition) is 1. The van der Waals surface area contributed by atoms with Crippen LogP contribution in [0.4, 0.5) is 0 Å². The van der Waals surface area contributed by atoms with Crippen LogP contribution in [0.1, 0.15) is 61.9 Å². The first-order valence-electron chi connectivity index (χ1n) is 8.39. The summed E-state index contributed by atoms with van der Waals surface area (Å²) in [5, 5.41) is 4.67. The Balaban J connectivity index is 1.69. The number of nitrogens with zero attached hydrogens (tertiary/aromatic N) is 1. The minimum atomic E-state index is -3.91. The van der Waals surface area contributed by atoms with Gasteiger partial charge in [-0.3, -0.25) is 4.79 Å². The number of furan rings is 1. The zero-order valence-electron chi connectivity index (χ0n) is 13.2. The van der Waals surface area contributed by atoms with E-state index in [1.165, 1.54) is 44.2 Å². The predicted octanol–water partition coefficient (Wildman–Crippen LogP) is 2.50. The average Bonchev–Trinajstić information content (AvgIpc) is 3.16. The first-order valence-corrected chi connectivity index (χ1v) is 9.93. The molecular formula is C16H24N2O4S. The summed E-state index contributed by atoms with van der Waals surface area (Å²) in [4.78, 5) is 14.5. The molecule has 1 amide bonds. The highest BCUT2D eigenvalue weighted by Gasteiger charge is 2.33. The van der Waals surface area contributed by atoms with E-state index in [1.54, 1.807) is 0 Å². The van der Waals surface area contributed by atoms with E-state index in [-0.39, 0.29) is 22.8 Å². The molecule has 1 aliphatic heterocycles. The molecule has 2 heterocycles. The summed E-state index contributed by atoms with van der Waals surface area (Å²) in [5.74, 6) is 0.543. The van der Waals surface area contributed by atoms with Crippen molar-refractivity contribution in [2.75, 3.05) is 6.54 Å². The van der Waals surface area contributed by atoms with Gasteiger partial charge in [-0.2, -0.15) is 0 Å². The van der Waals surface area contributed by atoms with Crippen molar-refractivity contribution in [2.45, 2.75) is 62.5 Å². The van der Waals surface area contributed by atoms with E-state index >= 15 is 0 Å². The van der Waals surface area contributed by atoms with Crippen molar-refractivity contribution < 1.29 is 17.6 Å². The molecule has 23 heavy (non-hydrogen) atoms. The minimum Gasteiger partial charge on any atom is -0.438 e. The van der Waals surface area contributed by atoms with Gasteiger partial charge in [-0.25, -0.2) is 13.6 Å². The lowest BCUT2D eigenvalue weighted by Gasteiger charge is -2.29. The van der Waals surface area contributed by atoms with Crippen molar-refractivity contribution in [3.63, 3.8) is 0 Å². The molecule has 128 valence electrons. The van der Waals surface area contributed by atoms with Crippen LogP contribution in [0.3, 0.4) is 0 Å². The molecule has 0 spiro atoms. The van der Waals surface area contributed by atoms with Crippen LogP contribution < -0.4 is 5.14 Å². The van der Waals surface area contributed by atoms with Crippen molar-refractivity contribution in [2.24, 2.45) is 11.1 Å². The van der Waals surface area contributed by atoms with E-state index in [9.17, 15) is 13.2 Å². The maximum atomic E-state index is 12.6. The van der Waals surface area contributed by atoms with Crippen molar-refractivity contribution in [1.82, 2.24) is 4.90 Å². The molecule has 0 aromatic carbocycles. The van der Waals surface area contributed by atoms with E-state index in [1.807, 2.05) is 4.90 Å². The number of carbonyl (C=O) groups excluding carboxylic acids is 1. The van der Waals surface area contributed by atoms with Gasteiger partial charge in [-0.15, -0.1) is 0 Å². The Labute approximate surface area is 137 Å². The zero-order valence-corrected chi connectivity index (χ0v) is 14.1. The number of rotatable bonds is 4. The van der Waals surface area contributed by atoms with Crippen LogP contribution in [0, 0.1) is 5.92 Å². The fourth-order valence-electron chi connectivity index (χ4n) is 3.89. The summed E-state index contributed by atoms with van der Waals surface area (Å²) >= 11 is 0. The molecule has 0 radical (unpaired) electrons. The molecular weight excluding hydrogens is 316 g/mol. The second-order valence-corrected chi connectivity index (χ2v) is 8.19. The maximum absolute atomic E-state index is 12.6. The number of primary sulfonamides is 1. The fourth-order valence-corrected chi connectivity index (χ4v) is 4.35. The van der Waals surface area contributed by atoms with Crippen molar-refractivity contribution in [3.05, 3.63) is 17.9 Å². The van der Waals surface area contributed by atoms with Crippen molar-refractivity contribution in [3.8, 4) is 0 Å². The third-order valence-electron chi connectivity index (χ3n) is 5.04. The maximum Gasteiger partial charge on any atom is 0.289 e. The van der Waals surface area contributed by atoms with Gasteiger partial charge in [0.15, 0.2) is 5.76 Å². The Kier molecular flexibility index (Phi) is 4.77. The number of hydrogen-bond acceptors (Lipinski definition) is 4. The van der Waals surface area contributed by atoms with Gasteiger partial charge in [0.05, 0.1) is 0 Å². The van der Waals surface area contributed by atoms with Gasteiger partial charge in [0.1, 0.15) is 0 Å². The fraction of sp³-hybridized carbons (Fsp3) is 0.688. The number of likely N-dealkylation sites (tertiary alicyclic amines) is 1. The number of sulfonamides is 1. The number of nitrogens with two attached hydrogens (primary N) is 1. The molecule has 2 fully saturated rings. The SMILES string of the molecule is NS(=O)(=O)c1ccc(C(=O)N2CCCC2CC2CCCCC2)o1. The number of carbonyl (C=O) groups is 1. The van der Waals surface area contributed by atoms with E-state index in [0.717, 1.165) is 19.3 Å². The standard InChI is InChI=1S/C16H24N2O4S/c17-23(20,21)15-9-8-14(22-15)16(19)18-10-4-7-13(18)11-12-5-2-1-3-6-12/h8-9,12-13H,1-7,10-11H2,(H2,17,20,21). The predicted molar refractivity (Wildman–Crippen MR) is 85.3 cm³/mol. The Hall–Kier alpha value is -1.34. The van der Waals surface area contributed by atoms with Gasteiger partial charge >= 0.3 is 0 Å². The van der Waals surface area contributed by atoms with Crippen LogP contribution >= 0.6 is 0 Å². The Morgan fingerprint density at radius 2 is 1.91 bits per heavy atom. The van der Waals surface area contributed by atoms with Crippen molar-refractivity contribution in [1.29, 1.82) is 0 Å². The van der Waals surface area contributed by atoms with E-state index < -0.39 is 10.0 Å². The second-order valence-electron chi connectivity index (χ2n) is 6.70. The normalized spacial score (nSPS) is 23.3. The third-order valence-corrected chi connectivity index (χ3v) is 5.82. The quantitative estimate of drug-likeness (QED) is 0.911. The molecule has 1 aromatic rings. The molecule has 2 aliphatic rings. The van der Waals surface area contributed by atoms with Gasteiger partial charge in [-0.05, 0) is 37.3 Å². The highest BCUT2D eigenvalue weighted by Crippen LogP contribution is 2.32. The second kappa shape index (κ2) is 6.65. The number of amides is 1. The van der Waals surface area contributed by atoms with E-state index in [4.69, 9.17) is 9.56 Å². The van der Waals surface area contributed by atoms with Gasteiger partial charge in [0.25, 0.3) is 15.9 Å². The highest BCUT2D eigenvalue weighted by molar-refractivity contribution is 7.89. The van der Waals surface area contributed by atoms with Gasteiger partial charge in [-0.1, -0.05) is 32.1 Å². The molecule has 1 unspecified atom stereocenters. The first kappa shape index (κ1) is 16.5. The van der Waals surface area contributed by atoms with Crippen LogP contribution in [0.25, 0.3) is 0 Å². The largest absolute Gasteiger partial charge is 0.438 e. The summed E-state index contributed by atoms with van der Waals surface area (Å²) in [7, 11) is -3.91. The molecule has 1 atom stereocenters. The molecule has 1 saturated carbocycles. The van der Waals surface area contributed by atoms with Crippen LogP contribution in [-0.2, 0) is 10.0 Å². The van der Waals surface area contributed by atoms with Gasteiger partial charge in [0.2, 0.25) is 5.09 Å². The lowest BCUT2D eigenvalue weighted by atomic mass is 9.84. The van der Waals surface area contributed by atoms with E-state index in [2.05, 4.69) is 0 Å².